The van der Waals surface area contributed by atoms with Crippen LogP contribution in [0, 0.1) is 0 Å². The van der Waals surface area contributed by atoms with Crippen LogP contribution in [0.2, 0.25) is 0 Å². The molecule has 1 N–H and O–H groups in total. The first-order valence-corrected chi connectivity index (χ1v) is 6.26. The van der Waals surface area contributed by atoms with E-state index < -0.39 is 12.1 Å². The highest BCUT2D eigenvalue weighted by molar-refractivity contribution is 5.74. The first-order chi connectivity index (χ1) is 9.72. The highest BCUT2D eigenvalue weighted by Gasteiger charge is 2.28. The van der Waals surface area contributed by atoms with Gasteiger partial charge in [-0.3, -0.25) is 4.98 Å². The molecule has 0 amide bonds. The van der Waals surface area contributed by atoms with E-state index in [-0.39, 0.29) is 0 Å². The molecule has 102 valence electrons. The third kappa shape index (κ3) is 2.56. The number of fused-ring (bicyclic) bond motifs is 1. The van der Waals surface area contributed by atoms with Crippen molar-refractivity contribution in [2.75, 3.05) is 0 Å². The van der Waals surface area contributed by atoms with Gasteiger partial charge in [0.25, 0.3) is 0 Å². The SMILES string of the molecule is O=C(O)C1Cc2ccc(OCc3cccnc3)cc2O1. The van der Waals surface area contributed by atoms with Crippen molar-refractivity contribution in [3.8, 4) is 11.5 Å². The van der Waals surface area contributed by atoms with Crippen LogP contribution >= 0.6 is 0 Å². The molecule has 2 heterocycles. The van der Waals surface area contributed by atoms with E-state index in [0.717, 1.165) is 11.1 Å². The first kappa shape index (κ1) is 12.5. The van der Waals surface area contributed by atoms with E-state index in [2.05, 4.69) is 4.98 Å². The summed E-state index contributed by atoms with van der Waals surface area (Å²) in [6.45, 7) is 0.412. The van der Waals surface area contributed by atoms with Gasteiger partial charge in [-0.15, -0.1) is 0 Å². The summed E-state index contributed by atoms with van der Waals surface area (Å²) in [6.07, 6.45) is 3.05. The minimum Gasteiger partial charge on any atom is -0.489 e. The van der Waals surface area contributed by atoms with Gasteiger partial charge in [0.15, 0.2) is 6.10 Å². The van der Waals surface area contributed by atoms with Crippen LogP contribution in [0.1, 0.15) is 11.1 Å². The number of rotatable bonds is 4. The molecule has 1 aromatic carbocycles. The molecule has 1 aromatic heterocycles. The van der Waals surface area contributed by atoms with Crippen molar-refractivity contribution in [3.05, 3.63) is 53.9 Å². The van der Waals surface area contributed by atoms with Gasteiger partial charge in [-0.05, 0) is 17.7 Å². The van der Waals surface area contributed by atoms with E-state index in [9.17, 15) is 4.79 Å². The fraction of sp³-hybridized carbons (Fsp3) is 0.200. The Hall–Kier alpha value is -2.56. The Morgan fingerprint density at radius 2 is 2.35 bits per heavy atom. The molecule has 1 unspecified atom stereocenters. The number of carboxylic acid groups (broad SMARTS) is 1. The summed E-state index contributed by atoms with van der Waals surface area (Å²) in [6, 6.07) is 9.17. The molecule has 2 aromatic rings. The molecule has 5 heteroatoms. The lowest BCUT2D eigenvalue weighted by Crippen LogP contribution is -2.24. The van der Waals surface area contributed by atoms with Crippen molar-refractivity contribution in [1.82, 2.24) is 4.98 Å². The monoisotopic (exact) mass is 271 g/mol. The average molecular weight is 271 g/mol. The Kier molecular flexibility index (Phi) is 3.25. The third-order valence-corrected chi connectivity index (χ3v) is 3.12. The maximum atomic E-state index is 10.9. The zero-order chi connectivity index (χ0) is 13.9. The molecule has 20 heavy (non-hydrogen) atoms. The predicted octanol–water partition coefficient (Wildman–Crippen LogP) is 2.05. The van der Waals surface area contributed by atoms with Crippen LogP contribution in [0.3, 0.4) is 0 Å². The number of pyridine rings is 1. The van der Waals surface area contributed by atoms with Crippen LogP contribution in [0.15, 0.2) is 42.7 Å². The predicted molar refractivity (Wildman–Crippen MR) is 70.8 cm³/mol. The molecule has 5 nitrogen and oxygen atoms in total. The lowest BCUT2D eigenvalue weighted by Gasteiger charge is -2.08. The van der Waals surface area contributed by atoms with E-state index >= 15 is 0 Å². The molecular formula is C15H13NO4. The summed E-state index contributed by atoms with van der Waals surface area (Å²) in [7, 11) is 0. The Balaban J connectivity index is 1.68. The summed E-state index contributed by atoms with van der Waals surface area (Å²) < 4.78 is 11.0. The van der Waals surface area contributed by atoms with Gasteiger partial charge in [0, 0.05) is 30.4 Å². The smallest absolute Gasteiger partial charge is 0.345 e. The number of carbonyl (C=O) groups is 1. The number of hydrogen-bond acceptors (Lipinski definition) is 4. The van der Waals surface area contributed by atoms with Crippen LogP contribution < -0.4 is 9.47 Å². The molecule has 0 fully saturated rings. The van der Waals surface area contributed by atoms with Crippen LogP contribution in [0.5, 0.6) is 11.5 Å². The van der Waals surface area contributed by atoms with Gasteiger partial charge in [-0.25, -0.2) is 4.79 Å². The maximum Gasteiger partial charge on any atom is 0.345 e. The number of ether oxygens (including phenoxy) is 2. The summed E-state index contributed by atoms with van der Waals surface area (Å²) in [5.74, 6) is 0.291. The van der Waals surface area contributed by atoms with E-state index in [0.29, 0.717) is 24.5 Å². The zero-order valence-electron chi connectivity index (χ0n) is 10.7. The molecule has 0 saturated carbocycles. The van der Waals surface area contributed by atoms with Crippen LogP contribution in [0.25, 0.3) is 0 Å². The van der Waals surface area contributed by atoms with Gasteiger partial charge in [0.2, 0.25) is 0 Å². The second kappa shape index (κ2) is 5.21. The molecule has 1 aliphatic heterocycles. The van der Waals surface area contributed by atoms with Crippen molar-refractivity contribution < 1.29 is 19.4 Å². The Morgan fingerprint density at radius 3 is 3.10 bits per heavy atom. The summed E-state index contributed by atoms with van der Waals surface area (Å²) in [5.41, 5.74) is 1.86. The Bertz CT molecular complexity index is 627. The minimum atomic E-state index is -0.945. The van der Waals surface area contributed by atoms with Crippen molar-refractivity contribution >= 4 is 5.97 Å². The quantitative estimate of drug-likeness (QED) is 0.921. The summed E-state index contributed by atoms with van der Waals surface area (Å²) in [4.78, 5) is 14.9. The van der Waals surface area contributed by atoms with Crippen LogP contribution in [-0.4, -0.2) is 22.2 Å². The topological polar surface area (TPSA) is 68.7 Å². The van der Waals surface area contributed by atoms with Crippen molar-refractivity contribution in [3.63, 3.8) is 0 Å². The molecule has 3 rings (SSSR count). The number of nitrogens with zero attached hydrogens (tertiary/aromatic N) is 1. The molecule has 1 aliphatic rings. The molecule has 0 aliphatic carbocycles. The second-order valence-corrected chi connectivity index (χ2v) is 4.57. The molecule has 0 spiro atoms. The van der Waals surface area contributed by atoms with E-state index in [1.54, 1.807) is 18.5 Å². The molecule has 1 atom stereocenters. The highest BCUT2D eigenvalue weighted by Crippen LogP contribution is 2.32. The highest BCUT2D eigenvalue weighted by atomic mass is 16.5. The maximum absolute atomic E-state index is 10.9. The van der Waals surface area contributed by atoms with Crippen LogP contribution in [-0.2, 0) is 17.8 Å². The number of carboxylic acids is 1. The van der Waals surface area contributed by atoms with Crippen molar-refractivity contribution in [2.24, 2.45) is 0 Å². The van der Waals surface area contributed by atoms with Gasteiger partial charge in [-0.1, -0.05) is 12.1 Å². The molecule has 0 radical (unpaired) electrons. The number of aliphatic carboxylic acids is 1. The van der Waals surface area contributed by atoms with Gasteiger partial charge in [0.1, 0.15) is 18.1 Å². The Morgan fingerprint density at radius 1 is 1.45 bits per heavy atom. The summed E-state index contributed by atoms with van der Waals surface area (Å²) in [5, 5.41) is 8.94. The van der Waals surface area contributed by atoms with Crippen molar-refractivity contribution in [1.29, 1.82) is 0 Å². The van der Waals surface area contributed by atoms with Gasteiger partial charge >= 0.3 is 5.97 Å². The van der Waals surface area contributed by atoms with Crippen LogP contribution in [0.4, 0.5) is 0 Å². The van der Waals surface area contributed by atoms with Gasteiger partial charge in [0.05, 0.1) is 0 Å². The molecule has 0 saturated heterocycles. The number of benzene rings is 1. The van der Waals surface area contributed by atoms with Gasteiger partial charge < -0.3 is 14.6 Å². The van der Waals surface area contributed by atoms with E-state index in [4.69, 9.17) is 14.6 Å². The molecule has 0 bridgehead atoms. The lowest BCUT2D eigenvalue weighted by molar-refractivity contribution is -0.144. The molecular weight excluding hydrogens is 258 g/mol. The fourth-order valence-electron chi connectivity index (χ4n) is 2.09. The standard InChI is InChI=1S/C15H13NO4/c17-15(18)14-6-11-3-4-12(7-13(11)20-14)19-9-10-2-1-5-16-8-10/h1-5,7-8,14H,6,9H2,(H,17,18). The summed E-state index contributed by atoms with van der Waals surface area (Å²) >= 11 is 0. The first-order valence-electron chi connectivity index (χ1n) is 6.26. The van der Waals surface area contributed by atoms with Gasteiger partial charge in [-0.2, -0.15) is 0 Å². The van der Waals surface area contributed by atoms with Crippen molar-refractivity contribution in [2.45, 2.75) is 19.1 Å². The minimum absolute atomic E-state index is 0.396. The normalized spacial score (nSPS) is 16.3. The largest absolute Gasteiger partial charge is 0.489 e. The zero-order valence-corrected chi connectivity index (χ0v) is 10.7. The third-order valence-electron chi connectivity index (χ3n) is 3.12. The number of aromatic nitrogens is 1. The Labute approximate surface area is 115 Å². The van der Waals surface area contributed by atoms with E-state index in [1.165, 1.54) is 0 Å². The average Bonchev–Trinajstić information content (AvgIpc) is 2.89. The second-order valence-electron chi connectivity index (χ2n) is 4.57. The fourth-order valence-corrected chi connectivity index (χ4v) is 2.09. The lowest BCUT2D eigenvalue weighted by atomic mass is 10.1. The van der Waals surface area contributed by atoms with E-state index in [1.807, 2.05) is 24.3 Å². The number of hydrogen-bond donors (Lipinski definition) is 1.